The molecule has 5 nitrogen and oxygen atoms in total. The number of ether oxygens (including phenoxy) is 2. The van der Waals surface area contributed by atoms with Crippen LogP contribution in [0.3, 0.4) is 0 Å². The van der Waals surface area contributed by atoms with Gasteiger partial charge in [0, 0.05) is 29.7 Å². The maximum absolute atomic E-state index is 12.1. The van der Waals surface area contributed by atoms with Gasteiger partial charge < -0.3 is 14.8 Å². The number of amides is 1. The molecule has 0 atom stereocenters. The molecule has 0 saturated heterocycles. The minimum Gasteiger partial charge on any atom is -0.496 e. The van der Waals surface area contributed by atoms with Gasteiger partial charge in [-0.15, -0.1) is 0 Å². The van der Waals surface area contributed by atoms with Gasteiger partial charge in [-0.05, 0) is 67.3 Å². The molecule has 1 aliphatic rings. The Morgan fingerprint density at radius 1 is 1.14 bits per heavy atom. The summed E-state index contributed by atoms with van der Waals surface area (Å²) < 4.78 is 10.7. The van der Waals surface area contributed by atoms with E-state index >= 15 is 0 Å². The molecule has 4 rings (SSSR count). The van der Waals surface area contributed by atoms with E-state index in [4.69, 9.17) is 14.5 Å². The van der Waals surface area contributed by atoms with Gasteiger partial charge in [-0.3, -0.25) is 4.79 Å². The third-order valence-electron chi connectivity index (χ3n) is 5.26. The molecule has 1 N–H and O–H groups in total. The molecule has 0 radical (unpaired) electrons. The average Bonchev–Trinajstić information content (AvgIpc) is 3.52. The molecule has 2 aromatic carbocycles. The number of fused-ring (bicyclic) bond motifs is 1. The van der Waals surface area contributed by atoms with Crippen LogP contribution in [0.5, 0.6) is 5.75 Å². The Balaban J connectivity index is 1.64. The molecule has 0 bridgehead atoms. The number of benzene rings is 2. The van der Waals surface area contributed by atoms with Crippen molar-refractivity contribution in [2.45, 2.75) is 38.8 Å². The van der Waals surface area contributed by atoms with Gasteiger partial charge in [0.2, 0.25) is 5.91 Å². The van der Waals surface area contributed by atoms with Gasteiger partial charge in [0.1, 0.15) is 5.75 Å². The summed E-state index contributed by atoms with van der Waals surface area (Å²) in [5, 5.41) is 4.13. The number of methoxy groups -OCH3 is 2. The lowest BCUT2D eigenvalue weighted by Crippen LogP contribution is -2.26. The first-order chi connectivity index (χ1) is 14.1. The molecule has 1 heterocycles. The Morgan fingerprint density at radius 3 is 2.69 bits per heavy atom. The second-order valence-electron chi connectivity index (χ2n) is 7.65. The van der Waals surface area contributed by atoms with E-state index in [0.29, 0.717) is 19.1 Å². The fraction of sp³-hybridized carbons (Fsp3) is 0.333. The number of carbonyl (C=O) groups is 1. The summed E-state index contributed by atoms with van der Waals surface area (Å²) in [5.41, 5.74) is 6.00. The van der Waals surface area contributed by atoms with Crippen LogP contribution in [-0.2, 0) is 22.6 Å². The zero-order chi connectivity index (χ0) is 20.4. The number of aryl methyl sites for hydroxylation is 1. The summed E-state index contributed by atoms with van der Waals surface area (Å²) in [4.78, 5) is 17.0. The van der Waals surface area contributed by atoms with Crippen LogP contribution in [0.15, 0.2) is 42.5 Å². The Labute approximate surface area is 171 Å². The molecule has 5 heteroatoms. The highest BCUT2D eigenvalue weighted by atomic mass is 16.5. The second-order valence-corrected chi connectivity index (χ2v) is 7.65. The lowest BCUT2D eigenvalue weighted by molar-refractivity contribution is -0.120. The van der Waals surface area contributed by atoms with E-state index in [1.807, 2.05) is 24.3 Å². The molecule has 1 aromatic heterocycles. The first-order valence-corrected chi connectivity index (χ1v) is 9.93. The zero-order valence-corrected chi connectivity index (χ0v) is 17.1. The zero-order valence-electron chi connectivity index (χ0n) is 17.1. The number of carbonyl (C=O) groups excluding carboxylic acids is 1. The number of aromatic nitrogens is 1. The van der Waals surface area contributed by atoms with Crippen molar-refractivity contribution < 1.29 is 14.3 Å². The van der Waals surface area contributed by atoms with E-state index in [-0.39, 0.29) is 5.91 Å². The van der Waals surface area contributed by atoms with Crippen LogP contribution < -0.4 is 10.1 Å². The van der Waals surface area contributed by atoms with Gasteiger partial charge in [0.25, 0.3) is 0 Å². The molecule has 0 spiro atoms. The summed E-state index contributed by atoms with van der Waals surface area (Å²) in [7, 11) is 3.34. The monoisotopic (exact) mass is 390 g/mol. The average molecular weight is 390 g/mol. The van der Waals surface area contributed by atoms with Gasteiger partial charge in [-0.1, -0.05) is 6.07 Å². The first kappa shape index (κ1) is 19.4. The predicted octanol–water partition coefficient (Wildman–Crippen LogP) is 4.19. The van der Waals surface area contributed by atoms with Crippen molar-refractivity contribution in [1.82, 2.24) is 10.3 Å². The van der Waals surface area contributed by atoms with Crippen LogP contribution in [0.1, 0.15) is 29.5 Å². The number of rotatable bonds is 7. The van der Waals surface area contributed by atoms with E-state index < -0.39 is 0 Å². The molecule has 0 unspecified atom stereocenters. The van der Waals surface area contributed by atoms with E-state index in [0.717, 1.165) is 57.4 Å². The number of nitrogens with one attached hydrogen (secondary N) is 1. The third kappa shape index (κ3) is 4.40. The molecular weight excluding hydrogens is 364 g/mol. The van der Waals surface area contributed by atoms with Crippen molar-refractivity contribution in [3.05, 3.63) is 59.2 Å². The highest BCUT2D eigenvalue weighted by Gasteiger charge is 2.23. The topological polar surface area (TPSA) is 60.5 Å². The number of pyridine rings is 1. The summed E-state index contributed by atoms with van der Waals surface area (Å²) in [5.74, 6) is 0.903. The minimum atomic E-state index is 0.0954. The molecule has 3 aromatic rings. The van der Waals surface area contributed by atoms with Gasteiger partial charge >= 0.3 is 0 Å². The van der Waals surface area contributed by atoms with Gasteiger partial charge in [-0.2, -0.15) is 0 Å². The largest absolute Gasteiger partial charge is 0.496 e. The Hall–Kier alpha value is -2.92. The molecule has 1 saturated carbocycles. The van der Waals surface area contributed by atoms with Crippen molar-refractivity contribution in [1.29, 1.82) is 0 Å². The van der Waals surface area contributed by atoms with Crippen molar-refractivity contribution >= 4 is 16.8 Å². The maximum atomic E-state index is 12.1. The molecule has 1 amide bonds. The lowest BCUT2D eigenvalue weighted by Gasteiger charge is -2.12. The van der Waals surface area contributed by atoms with Gasteiger partial charge in [0.15, 0.2) is 0 Å². The number of hydrogen-bond donors (Lipinski definition) is 1. The molecule has 150 valence electrons. The second kappa shape index (κ2) is 8.21. The Bertz CT molecular complexity index is 1060. The number of hydrogen-bond acceptors (Lipinski definition) is 4. The minimum absolute atomic E-state index is 0.0954. The standard InChI is InChI=1S/C24H26N2O3/c1-15-10-22(17-5-9-23(29-3)18(13-17)14-28-2)26-21-8-4-16(11-20(15)21)12-24(27)25-19-6-7-19/h4-5,8-11,13,19H,6-7,12,14H2,1-3H3,(H,25,27). The summed E-state index contributed by atoms with van der Waals surface area (Å²) in [6, 6.07) is 14.6. The Kier molecular flexibility index (Phi) is 5.49. The maximum Gasteiger partial charge on any atom is 0.224 e. The highest BCUT2D eigenvalue weighted by Crippen LogP contribution is 2.29. The smallest absolute Gasteiger partial charge is 0.224 e. The van der Waals surface area contributed by atoms with Crippen LogP contribution in [0.25, 0.3) is 22.2 Å². The van der Waals surface area contributed by atoms with Crippen LogP contribution in [-0.4, -0.2) is 31.2 Å². The fourth-order valence-electron chi connectivity index (χ4n) is 3.60. The SMILES string of the molecule is COCc1cc(-c2cc(C)c3cc(CC(=O)NC4CC4)ccc3n2)ccc1OC. The molecule has 1 fully saturated rings. The van der Waals surface area contributed by atoms with E-state index in [1.54, 1.807) is 14.2 Å². The van der Waals surface area contributed by atoms with Crippen LogP contribution >= 0.6 is 0 Å². The quantitative estimate of drug-likeness (QED) is 0.657. The third-order valence-corrected chi connectivity index (χ3v) is 5.26. The van der Waals surface area contributed by atoms with Crippen molar-refractivity contribution in [2.24, 2.45) is 0 Å². The van der Waals surface area contributed by atoms with Crippen molar-refractivity contribution in [3.8, 4) is 17.0 Å². The summed E-state index contributed by atoms with van der Waals surface area (Å²) >= 11 is 0. The summed E-state index contributed by atoms with van der Waals surface area (Å²) in [6.45, 7) is 2.57. The number of nitrogens with zero attached hydrogens (tertiary/aromatic N) is 1. The molecule has 0 aliphatic heterocycles. The van der Waals surface area contributed by atoms with E-state index in [2.05, 4.69) is 30.4 Å². The molecule has 1 aliphatic carbocycles. The molecule has 29 heavy (non-hydrogen) atoms. The highest BCUT2D eigenvalue weighted by molar-refractivity contribution is 5.87. The van der Waals surface area contributed by atoms with E-state index in [9.17, 15) is 4.79 Å². The van der Waals surface area contributed by atoms with Gasteiger partial charge in [-0.25, -0.2) is 4.98 Å². The van der Waals surface area contributed by atoms with Crippen LogP contribution in [0.2, 0.25) is 0 Å². The normalized spacial score (nSPS) is 13.5. The van der Waals surface area contributed by atoms with Crippen LogP contribution in [0.4, 0.5) is 0 Å². The Morgan fingerprint density at radius 2 is 1.97 bits per heavy atom. The van der Waals surface area contributed by atoms with Gasteiger partial charge in [0.05, 0.1) is 31.3 Å². The van der Waals surface area contributed by atoms with E-state index in [1.165, 1.54) is 0 Å². The predicted molar refractivity (Wildman–Crippen MR) is 114 cm³/mol. The summed E-state index contributed by atoms with van der Waals surface area (Å²) in [6.07, 6.45) is 2.62. The first-order valence-electron chi connectivity index (χ1n) is 9.93. The molecular formula is C24H26N2O3. The van der Waals surface area contributed by atoms with Crippen molar-refractivity contribution in [3.63, 3.8) is 0 Å². The lowest BCUT2D eigenvalue weighted by atomic mass is 10.0. The van der Waals surface area contributed by atoms with Crippen LogP contribution in [0, 0.1) is 6.92 Å². The van der Waals surface area contributed by atoms with Crippen molar-refractivity contribution in [2.75, 3.05) is 14.2 Å². The fourth-order valence-corrected chi connectivity index (χ4v) is 3.60.